The smallest absolute Gasteiger partial charge is 0.271 e. The minimum absolute atomic E-state index is 0.0149. The van der Waals surface area contributed by atoms with Crippen LogP contribution in [-0.4, -0.2) is 32.0 Å². The molecular formula is C14H21N3O4S. The van der Waals surface area contributed by atoms with Gasteiger partial charge >= 0.3 is 0 Å². The Morgan fingerprint density at radius 3 is 2.41 bits per heavy atom. The highest BCUT2D eigenvalue weighted by Crippen LogP contribution is 2.27. The van der Waals surface area contributed by atoms with Gasteiger partial charge in [0.25, 0.3) is 5.69 Å². The Morgan fingerprint density at radius 1 is 1.27 bits per heavy atom. The number of nitrogens with zero attached hydrogens (tertiary/aromatic N) is 1. The van der Waals surface area contributed by atoms with Crippen molar-refractivity contribution in [3.05, 3.63) is 33.4 Å². The van der Waals surface area contributed by atoms with E-state index in [2.05, 4.69) is 10.0 Å². The number of non-ortho nitro benzene ring substituents is 1. The van der Waals surface area contributed by atoms with E-state index in [0.717, 1.165) is 19.2 Å². The van der Waals surface area contributed by atoms with E-state index in [0.29, 0.717) is 24.0 Å². The molecule has 1 heterocycles. The highest BCUT2D eigenvalue weighted by atomic mass is 32.2. The number of nitro groups is 1. The quantitative estimate of drug-likeness (QED) is 0.646. The predicted molar refractivity (Wildman–Crippen MR) is 83.4 cm³/mol. The summed E-state index contributed by atoms with van der Waals surface area (Å²) >= 11 is 0. The van der Waals surface area contributed by atoms with Crippen molar-refractivity contribution in [2.45, 2.75) is 44.0 Å². The third-order valence-electron chi connectivity index (χ3n) is 4.19. The van der Waals surface area contributed by atoms with Gasteiger partial charge in [-0.25, -0.2) is 13.1 Å². The molecule has 1 aromatic carbocycles. The molecule has 122 valence electrons. The van der Waals surface area contributed by atoms with Gasteiger partial charge in [-0.15, -0.1) is 0 Å². The van der Waals surface area contributed by atoms with Gasteiger partial charge in [-0.3, -0.25) is 10.1 Å². The Morgan fingerprint density at radius 2 is 1.86 bits per heavy atom. The summed E-state index contributed by atoms with van der Waals surface area (Å²) in [6, 6.07) is 2.52. The number of hydrogen-bond acceptors (Lipinski definition) is 5. The minimum atomic E-state index is -3.81. The molecule has 1 fully saturated rings. The number of benzene rings is 1. The van der Waals surface area contributed by atoms with Crippen LogP contribution >= 0.6 is 0 Å². The van der Waals surface area contributed by atoms with Gasteiger partial charge in [-0.1, -0.05) is 0 Å². The lowest BCUT2D eigenvalue weighted by atomic mass is 9.92. The average molecular weight is 327 g/mol. The average Bonchev–Trinajstić information content (AvgIpc) is 2.40. The molecular weight excluding hydrogens is 306 g/mol. The molecule has 0 saturated carbocycles. The summed E-state index contributed by atoms with van der Waals surface area (Å²) in [6.07, 6.45) is 1.36. The molecule has 0 aromatic heterocycles. The zero-order valence-electron chi connectivity index (χ0n) is 13.0. The fourth-order valence-corrected chi connectivity index (χ4v) is 4.46. The maximum Gasteiger partial charge on any atom is 0.271 e. The summed E-state index contributed by atoms with van der Waals surface area (Å²) < 4.78 is 28.1. The fraction of sp³-hybridized carbons (Fsp3) is 0.571. The third kappa shape index (κ3) is 3.45. The largest absolute Gasteiger partial charge is 0.317 e. The summed E-state index contributed by atoms with van der Waals surface area (Å²) in [5.41, 5.74) is 0.384. The number of nitro benzene ring substituents is 1. The van der Waals surface area contributed by atoms with Crippen molar-refractivity contribution in [3.8, 4) is 0 Å². The van der Waals surface area contributed by atoms with Gasteiger partial charge in [0.1, 0.15) is 0 Å². The number of piperidine rings is 1. The standard InChI is InChI=1S/C14H21N3O4S/c1-10-8-12(17(18)19)9-13(11(10)2)22(20,21)16-14(3)4-6-15-7-5-14/h8-9,15-16H,4-7H2,1-3H3. The van der Waals surface area contributed by atoms with Crippen molar-refractivity contribution in [1.82, 2.24) is 10.0 Å². The molecule has 8 heteroatoms. The molecule has 0 amide bonds. The van der Waals surface area contributed by atoms with Crippen LogP contribution in [0.2, 0.25) is 0 Å². The first-order chi connectivity index (χ1) is 10.1. The molecule has 0 atom stereocenters. The van der Waals surface area contributed by atoms with Crippen LogP contribution in [0.5, 0.6) is 0 Å². The van der Waals surface area contributed by atoms with Crippen LogP contribution in [0.15, 0.2) is 17.0 Å². The molecule has 1 aliphatic rings. The summed E-state index contributed by atoms with van der Waals surface area (Å²) in [7, 11) is -3.81. The van der Waals surface area contributed by atoms with Crippen LogP contribution in [0.25, 0.3) is 0 Å². The predicted octanol–water partition coefficient (Wildman–Crippen LogP) is 1.63. The number of nitrogens with one attached hydrogen (secondary N) is 2. The van der Waals surface area contributed by atoms with Gasteiger partial charge in [0.15, 0.2) is 0 Å². The molecule has 1 saturated heterocycles. The molecule has 0 bridgehead atoms. The number of rotatable bonds is 4. The second kappa shape index (κ2) is 5.94. The van der Waals surface area contributed by atoms with Crippen molar-refractivity contribution in [3.63, 3.8) is 0 Å². The molecule has 2 rings (SSSR count). The molecule has 2 N–H and O–H groups in total. The maximum absolute atomic E-state index is 12.7. The van der Waals surface area contributed by atoms with Gasteiger partial charge in [-0.05, 0) is 57.8 Å². The molecule has 7 nitrogen and oxygen atoms in total. The van der Waals surface area contributed by atoms with Crippen LogP contribution in [0, 0.1) is 24.0 Å². The molecule has 0 spiro atoms. The Hall–Kier alpha value is -1.51. The van der Waals surface area contributed by atoms with Gasteiger partial charge in [0, 0.05) is 17.7 Å². The van der Waals surface area contributed by atoms with Crippen LogP contribution in [0.1, 0.15) is 30.9 Å². The zero-order chi connectivity index (χ0) is 16.5. The van der Waals surface area contributed by atoms with Crippen molar-refractivity contribution in [1.29, 1.82) is 0 Å². The fourth-order valence-electron chi connectivity index (χ4n) is 2.65. The maximum atomic E-state index is 12.7. The van der Waals surface area contributed by atoms with Crippen LogP contribution in [0.4, 0.5) is 5.69 Å². The lowest BCUT2D eigenvalue weighted by Gasteiger charge is -2.34. The van der Waals surface area contributed by atoms with Gasteiger partial charge < -0.3 is 5.32 Å². The van der Waals surface area contributed by atoms with E-state index >= 15 is 0 Å². The molecule has 0 radical (unpaired) electrons. The Labute approximate surface area is 130 Å². The Bertz CT molecular complexity index is 694. The van der Waals surface area contributed by atoms with E-state index in [9.17, 15) is 18.5 Å². The molecule has 1 aliphatic heterocycles. The van der Waals surface area contributed by atoms with E-state index in [1.807, 2.05) is 6.92 Å². The SMILES string of the molecule is Cc1cc([N+](=O)[O-])cc(S(=O)(=O)NC2(C)CCNCC2)c1C. The number of sulfonamides is 1. The third-order valence-corrected chi connectivity index (χ3v) is 5.96. The number of hydrogen-bond donors (Lipinski definition) is 2. The summed E-state index contributed by atoms with van der Waals surface area (Å²) in [5.74, 6) is 0. The van der Waals surface area contributed by atoms with E-state index in [-0.39, 0.29) is 10.6 Å². The van der Waals surface area contributed by atoms with Gasteiger partial charge in [-0.2, -0.15) is 0 Å². The van der Waals surface area contributed by atoms with Crippen LogP contribution in [0.3, 0.4) is 0 Å². The van der Waals surface area contributed by atoms with Crippen molar-refractivity contribution in [2.75, 3.05) is 13.1 Å². The second-order valence-electron chi connectivity index (χ2n) is 6.06. The lowest BCUT2D eigenvalue weighted by molar-refractivity contribution is -0.385. The summed E-state index contributed by atoms with van der Waals surface area (Å²) in [6.45, 7) is 6.69. The Balaban J connectivity index is 2.42. The highest BCUT2D eigenvalue weighted by Gasteiger charge is 2.33. The lowest BCUT2D eigenvalue weighted by Crippen LogP contribution is -2.52. The summed E-state index contributed by atoms with van der Waals surface area (Å²) in [4.78, 5) is 10.4. The Kier molecular flexibility index (Phi) is 4.55. The molecule has 22 heavy (non-hydrogen) atoms. The second-order valence-corrected chi connectivity index (χ2v) is 7.71. The molecule has 0 aliphatic carbocycles. The van der Waals surface area contributed by atoms with Crippen molar-refractivity contribution < 1.29 is 13.3 Å². The first-order valence-electron chi connectivity index (χ1n) is 7.15. The highest BCUT2D eigenvalue weighted by molar-refractivity contribution is 7.89. The monoisotopic (exact) mass is 327 g/mol. The van der Waals surface area contributed by atoms with Crippen molar-refractivity contribution in [2.24, 2.45) is 0 Å². The van der Waals surface area contributed by atoms with E-state index in [1.54, 1.807) is 13.8 Å². The zero-order valence-corrected chi connectivity index (χ0v) is 13.8. The topological polar surface area (TPSA) is 101 Å². The molecule has 1 aromatic rings. The van der Waals surface area contributed by atoms with E-state index < -0.39 is 20.5 Å². The normalized spacial score (nSPS) is 18.1. The number of aryl methyl sites for hydroxylation is 1. The van der Waals surface area contributed by atoms with Gasteiger partial charge in [0.2, 0.25) is 10.0 Å². The van der Waals surface area contributed by atoms with Crippen LogP contribution < -0.4 is 10.0 Å². The first-order valence-corrected chi connectivity index (χ1v) is 8.63. The summed E-state index contributed by atoms with van der Waals surface area (Å²) in [5, 5.41) is 14.2. The minimum Gasteiger partial charge on any atom is -0.317 e. The molecule has 0 unspecified atom stereocenters. The van der Waals surface area contributed by atoms with E-state index in [4.69, 9.17) is 0 Å². The van der Waals surface area contributed by atoms with Gasteiger partial charge in [0.05, 0.1) is 9.82 Å². The van der Waals surface area contributed by atoms with Crippen LogP contribution in [-0.2, 0) is 10.0 Å². The first kappa shape index (κ1) is 16.9. The van der Waals surface area contributed by atoms with Crippen molar-refractivity contribution >= 4 is 15.7 Å². The van der Waals surface area contributed by atoms with E-state index in [1.165, 1.54) is 6.07 Å².